The third-order valence-corrected chi connectivity index (χ3v) is 3.57. The van der Waals surface area contributed by atoms with E-state index in [4.69, 9.17) is 4.74 Å². The summed E-state index contributed by atoms with van der Waals surface area (Å²) in [7, 11) is 0. The Bertz CT molecular complexity index is 673. The number of rotatable bonds is 1. The van der Waals surface area contributed by atoms with E-state index in [1.807, 2.05) is 49.4 Å². The highest BCUT2D eigenvalue weighted by atomic mass is 16.5. The third kappa shape index (κ3) is 2.10. The van der Waals surface area contributed by atoms with Crippen LogP contribution in [0.15, 0.2) is 42.5 Å². The molecule has 2 aromatic rings. The Morgan fingerprint density at radius 3 is 2.85 bits per heavy atom. The van der Waals surface area contributed by atoms with E-state index >= 15 is 0 Å². The van der Waals surface area contributed by atoms with Crippen LogP contribution < -0.4 is 9.64 Å². The van der Waals surface area contributed by atoms with Crippen LogP contribution in [0.2, 0.25) is 0 Å². The van der Waals surface area contributed by atoms with Crippen LogP contribution in [-0.4, -0.2) is 13.2 Å². The van der Waals surface area contributed by atoms with Gasteiger partial charge in [0, 0.05) is 6.54 Å². The molecular weight excluding hydrogens is 248 g/mol. The maximum Gasteiger partial charge on any atom is 0.142 e. The molecule has 0 amide bonds. The summed E-state index contributed by atoms with van der Waals surface area (Å²) in [6.45, 7) is 3.61. The van der Waals surface area contributed by atoms with Crippen LogP contribution in [0.4, 0.5) is 11.4 Å². The molecule has 3 heteroatoms. The average Bonchev–Trinajstić information content (AvgIpc) is 2.69. The summed E-state index contributed by atoms with van der Waals surface area (Å²) >= 11 is 0. The molecule has 3 rings (SSSR count). The van der Waals surface area contributed by atoms with Gasteiger partial charge in [0.25, 0.3) is 0 Å². The molecule has 0 aliphatic carbocycles. The van der Waals surface area contributed by atoms with Gasteiger partial charge in [0.05, 0.1) is 23.5 Å². The van der Waals surface area contributed by atoms with E-state index in [9.17, 15) is 5.26 Å². The number of hydrogen-bond donors (Lipinski definition) is 0. The van der Waals surface area contributed by atoms with Crippen LogP contribution in [-0.2, 0) is 0 Å². The average molecular weight is 264 g/mol. The predicted octanol–water partition coefficient (Wildman–Crippen LogP) is 3.79. The quantitative estimate of drug-likeness (QED) is 0.786. The molecule has 0 fully saturated rings. The fourth-order valence-corrected chi connectivity index (χ4v) is 2.67. The second-order valence-corrected chi connectivity index (χ2v) is 4.90. The lowest BCUT2D eigenvalue weighted by atomic mass is 10.1. The molecule has 0 bridgehead atoms. The number of para-hydroxylation sites is 3. The number of ether oxygens (including phenoxy) is 1. The molecule has 1 aliphatic rings. The molecule has 0 N–H and O–H groups in total. The van der Waals surface area contributed by atoms with Gasteiger partial charge in [-0.15, -0.1) is 0 Å². The first-order valence-corrected chi connectivity index (χ1v) is 6.80. The van der Waals surface area contributed by atoms with Crippen LogP contribution in [0.25, 0.3) is 0 Å². The number of fused-ring (bicyclic) bond motifs is 1. The number of anilines is 2. The molecule has 0 saturated carbocycles. The molecule has 0 atom stereocenters. The van der Waals surface area contributed by atoms with Crippen molar-refractivity contribution in [1.82, 2.24) is 0 Å². The van der Waals surface area contributed by atoms with Crippen molar-refractivity contribution >= 4 is 11.4 Å². The summed E-state index contributed by atoms with van der Waals surface area (Å²) < 4.78 is 5.79. The van der Waals surface area contributed by atoms with Gasteiger partial charge in [-0.3, -0.25) is 0 Å². The Morgan fingerprint density at radius 2 is 2.00 bits per heavy atom. The highest BCUT2D eigenvalue weighted by Crippen LogP contribution is 2.38. The van der Waals surface area contributed by atoms with Gasteiger partial charge in [-0.2, -0.15) is 5.26 Å². The van der Waals surface area contributed by atoms with Gasteiger partial charge >= 0.3 is 0 Å². The molecule has 100 valence electrons. The molecule has 1 aliphatic heterocycles. The maximum absolute atomic E-state index is 9.38. The lowest BCUT2D eigenvalue weighted by Crippen LogP contribution is -2.19. The van der Waals surface area contributed by atoms with Gasteiger partial charge in [0.1, 0.15) is 11.8 Å². The Morgan fingerprint density at radius 1 is 1.15 bits per heavy atom. The Balaban J connectivity index is 2.18. The van der Waals surface area contributed by atoms with Gasteiger partial charge < -0.3 is 9.64 Å². The molecule has 0 unspecified atom stereocenters. The van der Waals surface area contributed by atoms with Crippen molar-refractivity contribution in [3.63, 3.8) is 0 Å². The zero-order chi connectivity index (χ0) is 13.9. The van der Waals surface area contributed by atoms with Crippen LogP contribution in [0.3, 0.4) is 0 Å². The highest BCUT2D eigenvalue weighted by Gasteiger charge is 2.21. The van der Waals surface area contributed by atoms with E-state index in [2.05, 4.69) is 11.0 Å². The number of benzene rings is 2. The molecule has 1 heterocycles. The first kappa shape index (κ1) is 12.6. The standard InChI is InChI=1S/C17H16N2O/c1-13-6-4-7-14(12-18)17(13)19-10-5-11-20-16-9-3-2-8-15(16)19/h2-4,6-9H,5,10-11H2,1H3. The number of nitrogens with zero attached hydrogens (tertiary/aromatic N) is 2. The Hall–Kier alpha value is -2.47. The van der Waals surface area contributed by atoms with E-state index in [0.717, 1.165) is 35.7 Å². The number of hydrogen-bond acceptors (Lipinski definition) is 3. The minimum atomic E-state index is 0.710. The van der Waals surface area contributed by atoms with Crippen LogP contribution in [0.1, 0.15) is 17.5 Å². The van der Waals surface area contributed by atoms with Crippen molar-refractivity contribution < 1.29 is 4.74 Å². The Kier molecular flexibility index (Phi) is 3.30. The van der Waals surface area contributed by atoms with Gasteiger partial charge in [-0.25, -0.2) is 0 Å². The van der Waals surface area contributed by atoms with E-state index in [1.54, 1.807) is 0 Å². The summed E-state index contributed by atoms with van der Waals surface area (Å²) in [6, 6.07) is 16.2. The van der Waals surface area contributed by atoms with Crippen molar-refractivity contribution in [2.45, 2.75) is 13.3 Å². The van der Waals surface area contributed by atoms with E-state index < -0.39 is 0 Å². The third-order valence-electron chi connectivity index (χ3n) is 3.57. The van der Waals surface area contributed by atoms with E-state index in [-0.39, 0.29) is 0 Å². The fourth-order valence-electron chi connectivity index (χ4n) is 2.67. The van der Waals surface area contributed by atoms with Crippen molar-refractivity contribution in [3.8, 4) is 11.8 Å². The smallest absolute Gasteiger partial charge is 0.142 e. The lowest BCUT2D eigenvalue weighted by molar-refractivity contribution is 0.322. The minimum absolute atomic E-state index is 0.710. The van der Waals surface area contributed by atoms with Crippen molar-refractivity contribution in [2.24, 2.45) is 0 Å². The molecule has 20 heavy (non-hydrogen) atoms. The first-order valence-electron chi connectivity index (χ1n) is 6.80. The van der Waals surface area contributed by atoms with Gasteiger partial charge in [-0.1, -0.05) is 24.3 Å². The van der Waals surface area contributed by atoms with Crippen LogP contribution in [0, 0.1) is 18.3 Å². The van der Waals surface area contributed by atoms with Gasteiger partial charge in [0.15, 0.2) is 0 Å². The van der Waals surface area contributed by atoms with Crippen molar-refractivity contribution in [1.29, 1.82) is 5.26 Å². The molecule has 2 aromatic carbocycles. The molecule has 0 aromatic heterocycles. The molecule has 0 radical (unpaired) electrons. The number of nitriles is 1. The molecular formula is C17H16N2O. The summed E-state index contributed by atoms with van der Waals surface area (Å²) in [5, 5.41) is 9.38. The zero-order valence-corrected chi connectivity index (χ0v) is 11.5. The molecule has 0 saturated heterocycles. The highest BCUT2D eigenvalue weighted by molar-refractivity contribution is 5.76. The topological polar surface area (TPSA) is 36.3 Å². The van der Waals surface area contributed by atoms with Gasteiger partial charge in [0.2, 0.25) is 0 Å². The van der Waals surface area contributed by atoms with E-state index in [0.29, 0.717) is 12.2 Å². The van der Waals surface area contributed by atoms with E-state index in [1.165, 1.54) is 0 Å². The van der Waals surface area contributed by atoms with Crippen molar-refractivity contribution in [2.75, 3.05) is 18.1 Å². The molecule has 0 spiro atoms. The minimum Gasteiger partial charge on any atom is -0.491 e. The lowest BCUT2D eigenvalue weighted by Gasteiger charge is -2.26. The Labute approximate surface area is 119 Å². The largest absolute Gasteiger partial charge is 0.491 e. The maximum atomic E-state index is 9.38. The number of aryl methyl sites for hydroxylation is 1. The monoisotopic (exact) mass is 264 g/mol. The van der Waals surface area contributed by atoms with Crippen LogP contribution in [0.5, 0.6) is 5.75 Å². The van der Waals surface area contributed by atoms with Crippen molar-refractivity contribution in [3.05, 3.63) is 53.6 Å². The SMILES string of the molecule is Cc1cccc(C#N)c1N1CCCOc2ccccc21. The summed E-state index contributed by atoms with van der Waals surface area (Å²) in [6.07, 6.45) is 0.938. The van der Waals surface area contributed by atoms with Crippen LogP contribution >= 0.6 is 0 Å². The summed E-state index contributed by atoms with van der Waals surface area (Å²) in [5.41, 5.74) is 3.85. The summed E-state index contributed by atoms with van der Waals surface area (Å²) in [5.74, 6) is 0.886. The zero-order valence-electron chi connectivity index (χ0n) is 11.5. The second kappa shape index (κ2) is 5.26. The molecule has 3 nitrogen and oxygen atoms in total. The normalized spacial score (nSPS) is 13.9. The van der Waals surface area contributed by atoms with Gasteiger partial charge in [-0.05, 0) is 37.1 Å². The fraction of sp³-hybridized carbons (Fsp3) is 0.235. The first-order chi connectivity index (χ1) is 9.81. The predicted molar refractivity (Wildman–Crippen MR) is 79.5 cm³/mol. The summed E-state index contributed by atoms with van der Waals surface area (Å²) in [4.78, 5) is 2.20. The second-order valence-electron chi connectivity index (χ2n) is 4.90.